The second-order valence-corrected chi connectivity index (χ2v) is 17.1. The largest absolute Gasteiger partial charge is 0.458 e. The molecule has 5 rings (SSSR count). The zero-order valence-corrected chi connectivity index (χ0v) is 35.5. The first-order chi connectivity index (χ1) is 26.9. The number of Topliss-reactive ketones (excluding diaryl/α,β-unsaturated/α-hetero) is 2. The summed E-state index contributed by atoms with van der Waals surface area (Å²) in [6, 6.07) is 8.76. The molecule has 1 aromatic heterocycles. The van der Waals surface area contributed by atoms with E-state index in [1.807, 2.05) is 63.2 Å². The van der Waals surface area contributed by atoms with Gasteiger partial charge in [-0.1, -0.05) is 45.9 Å². The lowest BCUT2D eigenvalue weighted by atomic mass is 9.73. The minimum absolute atomic E-state index is 0.117. The number of cyclic esters (lactones) is 1. The summed E-state index contributed by atoms with van der Waals surface area (Å²) in [5.41, 5.74) is 2.57. The predicted molar refractivity (Wildman–Crippen MR) is 213 cm³/mol. The molecule has 3 fully saturated rings. The number of fused-ring (bicyclic) bond motifs is 2. The lowest BCUT2D eigenvalue weighted by molar-refractivity contribution is -0.295. The Morgan fingerprint density at radius 2 is 1.72 bits per heavy atom. The fourth-order valence-corrected chi connectivity index (χ4v) is 9.38. The maximum absolute atomic E-state index is 14.7. The molecule has 1 aromatic carbocycles. The summed E-state index contributed by atoms with van der Waals surface area (Å²) in [4.78, 5) is 63.1. The van der Waals surface area contributed by atoms with Crippen LogP contribution in [0.4, 0.5) is 4.79 Å². The van der Waals surface area contributed by atoms with E-state index in [1.54, 1.807) is 40.8 Å². The maximum Gasteiger partial charge on any atom is 0.425 e. The van der Waals surface area contributed by atoms with Crippen molar-refractivity contribution < 1.29 is 48.0 Å². The van der Waals surface area contributed by atoms with Crippen molar-refractivity contribution in [2.24, 2.45) is 23.7 Å². The van der Waals surface area contributed by atoms with Crippen molar-refractivity contribution in [2.45, 2.75) is 141 Å². The number of nitrogens with zero attached hydrogens (tertiary/aromatic N) is 3. The van der Waals surface area contributed by atoms with Crippen LogP contribution in [-0.2, 0) is 44.5 Å². The van der Waals surface area contributed by atoms with Crippen LogP contribution in [0.25, 0.3) is 10.9 Å². The van der Waals surface area contributed by atoms with Gasteiger partial charge in [0, 0.05) is 49.0 Å². The third kappa shape index (κ3) is 9.06. The number of ether oxygens (including phenoxy) is 5. The third-order valence-electron chi connectivity index (χ3n) is 12.7. The number of amides is 1. The quantitative estimate of drug-likeness (QED) is 0.190. The number of aliphatic hydroxyl groups excluding tert-OH is 1. The fourth-order valence-electron chi connectivity index (χ4n) is 9.38. The lowest BCUT2D eigenvalue weighted by Gasteiger charge is -2.47. The van der Waals surface area contributed by atoms with Gasteiger partial charge >= 0.3 is 12.1 Å². The van der Waals surface area contributed by atoms with E-state index >= 15 is 0 Å². The highest BCUT2D eigenvalue weighted by Crippen LogP contribution is 2.42. The second-order valence-electron chi connectivity index (χ2n) is 17.1. The van der Waals surface area contributed by atoms with Crippen LogP contribution in [0, 0.1) is 23.7 Å². The van der Waals surface area contributed by atoms with E-state index in [2.05, 4.69) is 10.4 Å². The maximum atomic E-state index is 14.7. The first-order valence-corrected chi connectivity index (χ1v) is 20.4. The van der Waals surface area contributed by atoms with Crippen molar-refractivity contribution >= 4 is 34.5 Å². The number of benzene rings is 1. The molecule has 1 unspecified atom stereocenters. The number of carbonyl (C=O) groups is 4. The molecule has 2 aromatic rings. The van der Waals surface area contributed by atoms with Crippen molar-refractivity contribution in [1.29, 1.82) is 0 Å². The Kier molecular flexibility index (Phi) is 14.2. The van der Waals surface area contributed by atoms with Gasteiger partial charge in [0.05, 0.1) is 23.3 Å². The zero-order valence-electron chi connectivity index (χ0n) is 35.5. The predicted octanol–water partition coefficient (Wildman–Crippen LogP) is 4.88. The van der Waals surface area contributed by atoms with Gasteiger partial charge < -0.3 is 33.7 Å². The number of aliphatic hydroxyl groups is 1. The van der Waals surface area contributed by atoms with Gasteiger partial charge in [-0.25, -0.2) is 15.2 Å². The molecule has 14 heteroatoms. The minimum atomic E-state index is -1.45. The first-order valence-electron chi connectivity index (χ1n) is 20.4. The molecule has 2 N–H and O–H groups in total. The summed E-state index contributed by atoms with van der Waals surface area (Å²) in [6.45, 7) is 14.3. The number of methoxy groups -OCH3 is 1. The minimum Gasteiger partial charge on any atom is -0.458 e. The Balaban J connectivity index is 1.47. The average Bonchev–Trinajstić information content (AvgIpc) is 3.45. The Bertz CT molecular complexity index is 1750. The fraction of sp³-hybridized carbons (Fsp3) is 0.698. The lowest BCUT2D eigenvalue weighted by Crippen LogP contribution is -2.61. The highest BCUT2D eigenvalue weighted by molar-refractivity contribution is 6.00. The molecule has 0 aliphatic carbocycles. The molecule has 13 atom stereocenters. The number of ketones is 2. The molecule has 316 valence electrons. The Hall–Kier alpha value is -3.53. The Morgan fingerprint density at radius 1 is 1.02 bits per heavy atom. The number of hydrogen-bond donors (Lipinski definition) is 2. The number of hydrogen-bond acceptors (Lipinski definition) is 13. The molecule has 3 aliphatic rings. The van der Waals surface area contributed by atoms with Crippen LogP contribution in [0.15, 0.2) is 36.5 Å². The Labute approximate surface area is 337 Å². The number of esters is 1. The van der Waals surface area contributed by atoms with Crippen LogP contribution in [0.2, 0.25) is 0 Å². The molecule has 1 amide bonds. The van der Waals surface area contributed by atoms with Gasteiger partial charge in [0.1, 0.15) is 30.0 Å². The topological polar surface area (TPSA) is 166 Å². The normalized spacial score (nSPS) is 37.2. The van der Waals surface area contributed by atoms with E-state index in [0.29, 0.717) is 25.8 Å². The second kappa shape index (κ2) is 18.2. The van der Waals surface area contributed by atoms with Crippen molar-refractivity contribution in [3.05, 3.63) is 42.1 Å². The van der Waals surface area contributed by atoms with E-state index in [0.717, 1.165) is 16.5 Å². The van der Waals surface area contributed by atoms with Crippen LogP contribution in [0.3, 0.4) is 0 Å². The summed E-state index contributed by atoms with van der Waals surface area (Å²) in [7, 11) is 5.23. The van der Waals surface area contributed by atoms with Crippen LogP contribution < -0.4 is 5.43 Å². The van der Waals surface area contributed by atoms with E-state index in [1.165, 1.54) is 19.0 Å². The number of likely N-dealkylation sites (N-methyl/N-ethyl adjacent to an activating group) is 1. The Morgan fingerprint density at radius 3 is 2.39 bits per heavy atom. The van der Waals surface area contributed by atoms with Crippen LogP contribution in [0.5, 0.6) is 0 Å². The number of hydrazine groups is 1. The summed E-state index contributed by atoms with van der Waals surface area (Å²) >= 11 is 0. The van der Waals surface area contributed by atoms with E-state index in [9.17, 15) is 24.3 Å². The van der Waals surface area contributed by atoms with Gasteiger partial charge in [-0.15, -0.1) is 0 Å². The number of nitrogens with one attached hydrogen (secondary N) is 1. The molecule has 3 saturated heterocycles. The summed E-state index contributed by atoms with van der Waals surface area (Å²) < 4.78 is 31.1. The van der Waals surface area contributed by atoms with Crippen molar-refractivity contribution in [2.75, 3.05) is 27.7 Å². The van der Waals surface area contributed by atoms with Gasteiger partial charge in [-0.2, -0.15) is 0 Å². The third-order valence-corrected chi connectivity index (χ3v) is 12.7. The smallest absolute Gasteiger partial charge is 0.425 e. The van der Waals surface area contributed by atoms with Crippen molar-refractivity contribution in [3.8, 4) is 0 Å². The number of para-hydroxylation sites is 1. The van der Waals surface area contributed by atoms with E-state index in [-0.39, 0.29) is 30.8 Å². The molecule has 0 spiro atoms. The summed E-state index contributed by atoms with van der Waals surface area (Å²) in [6.07, 6.45) is -1.07. The van der Waals surface area contributed by atoms with Gasteiger partial charge in [0.2, 0.25) is 0 Å². The number of carbonyl (C=O) groups excluding carboxylic acids is 4. The van der Waals surface area contributed by atoms with Gasteiger partial charge in [0.25, 0.3) is 0 Å². The van der Waals surface area contributed by atoms with Gasteiger partial charge in [-0.05, 0) is 91.6 Å². The molecular weight excluding hydrogens is 732 g/mol. The van der Waals surface area contributed by atoms with Crippen molar-refractivity contribution in [3.63, 3.8) is 0 Å². The van der Waals surface area contributed by atoms with Gasteiger partial charge in [0.15, 0.2) is 17.7 Å². The first kappa shape index (κ1) is 44.6. The monoisotopic (exact) mass is 796 g/mol. The molecule has 3 aliphatic heterocycles. The number of aryl methyl sites for hydroxylation is 1. The highest BCUT2D eigenvalue weighted by atomic mass is 16.7. The van der Waals surface area contributed by atoms with E-state index < -0.39 is 83.4 Å². The molecule has 4 heterocycles. The molecular formula is C43H64N4O10. The SMILES string of the molecule is CCC1OC(=O)[C@H](C)C(=O)[C@H](C)[C@@H](O[C@@H]2O[C@H](C)C[C@H](N(C)C)[C@H]2O)[C@](C)(OC)C[C@@H](C)C(=O)[C@H](C)[C@H]2N(NCCCc3ccnc4ccccc34)C(=O)O[C@]12C. The summed E-state index contributed by atoms with van der Waals surface area (Å²) in [5, 5.41) is 13.9. The number of rotatable bonds is 10. The molecule has 0 saturated carbocycles. The van der Waals surface area contributed by atoms with Crippen molar-refractivity contribution in [1.82, 2.24) is 20.3 Å². The highest BCUT2D eigenvalue weighted by Gasteiger charge is 2.61. The molecule has 14 nitrogen and oxygen atoms in total. The van der Waals surface area contributed by atoms with E-state index in [4.69, 9.17) is 23.7 Å². The zero-order chi connectivity index (χ0) is 42.0. The molecule has 0 bridgehead atoms. The standard InChI is InChI=1S/C43H64N4O10/c1-12-33-43(8)37(47(41(52)57-43)45-20-15-16-29-19-21-44-31-18-14-13-17-30(29)31)26(4)34(48)24(2)23-42(7,53-11)38(27(5)35(49)28(6)39(51)55-33)56-40-36(50)32(46(9)10)22-25(3)54-40/h13-14,17-19,21,24-28,32-33,36-38,40,45,50H,12,15-16,20,22-23H2,1-11H3/t24-,25-,26+,27+,28-,32+,33?,36-,37-,38-,40+,42-,43-/m1/s1. The van der Waals surface area contributed by atoms with Crippen LogP contribution in [-0.4, -0.2) is 125 Å². The summed E-state index contributed by atoms with van der Waals surface area (Å²) in [5.74, 6) is -5.08. The number of pyridine rings is 1. The average molecular weight is 797 g/mol. The number of aromatic nitrogens is 1. The molecule has 57 heavy (non-hydrogen) atoms. The van der Waals surface area contributed by atoms with Gasteiger partial charge in [-0.3, -0.25) is 19.4 Å². The van der Waals surface area contributed by atoms with Crippen LogP contribution >= 0.6 is 0 Å². The molecule has 0 radical (unpaired) electrons. The van der Waals surface area contributed by atoms with Crippen LogP contribution in [0.1, 0.15) is 86.6 Å².